The molecule has 0 unspecified atom stereocenters. The normalized spacial score (nSPS) is 10.5. The lowest BCUT2D eigenvalue weighted by atomic mass is 10.2. The molecule has 100 valence electrons. The number of benzene rings is 1. The van der Waals surface area contributed by atoms with Crippen LogP contribution in [0.25, 0.3) is 10.6 Å². The van der Waals surface area contributed by atoms with E-state index in [2.05, 4.69) is 25.7 Å². The van der Waals surface area contributed by atoms with Gasteiger partial charge in [0.2, 0.25) is 0 Å². The number of thiazole rings is 1. The Morgan fingerprint density at radius 3 is 3.05 bits per heavy atom. The molecule has 0 fully saturated rings. The summed E-state index contributed by atoms with van der Waals surface area (Å²) < 4.78 is 5.56. The molecule has 0 N–H and O–H groups in total. The van der Waals surface area contributed by atoms with Crippen LogP contribution in [0.2, 0.25) is 5.02 Å². The van der Waals surface area contributed by atoms with E-state index < -0.39 is 0 Å². The van der Waals surface area contributed by atoms with Gasteiger partial charge in [0.25, 0.3) is 0 Å². The first kappa shape index (κ1) is 14.5. The smallest absolute Gasteiger partial charge is 0.305 e. The predicted octanol–water partition coefficient (Wildman–Crippen LogP) is 4.33. The van der Waals surface area contributed by atoms with E-state index in [9.17, 15) is 4.79 Å². The summed E-state index contributed by atoms with van der Waals surface area (Å²) in [5, 5.41) is 3.50. The summed E-state index contributed by atoms with van der Waals surface area (Å²) in [6.07, 6.45) is 0.928. The summed E-state index contributed by atoms with van der Waals surface area (Å²) in [7, 11) is 1.39. The van der Waals surface area contributed by atoms with Crippen LogP contribution in [-0.4, -0.2) is 18.1 Å². The first-order valence-electron chi connectivity index (χ1n) is 5.57. The lowest BCUT2D eigenvalue weighted by molar-refractivity contribution is -0.140. The Morgan fingerprint density at radius 2 is 2.32 bits per heavy atom. The Kier molecular flexibility index (Phi) is 4.96. The molecule has 6 heteroatoms. The summed E-state index contributed by atoms with van der Waals surface area (Å²) in [6.45, 7) is 0. The van der Waals surface area contributed by atoms with E-state index in [4.69, 9.17) is 11.6 Å². The van der Waals surface area contributed by atoms with Crippen molar-refractivity contribution in [2.24, 2.45) is 0 Å². The van der Waals surface area contributed by atoms with Crippen LogP contribution in [0.5, 0.6) is 0 Å². The minimum Gasteiger partial charge on any atom is -0.469 e. The summed E-state index contributed by atoms with van der Waals surface area (Å²) in [5.74, 6) is -0.224. The number of methoxy groups -OCH3 is 1. The fourth-order valence-electron chi connectivity index (χ4n) is 1.54. The van der Waals surface area contributed by atoms with Crippen molar-refractivity contribution in [1.29, 1.82) is 0 Å². The van der Waals surface area contributed by atoms with Gasteiger partial charge in [-0.3, -0.25) is 4.79 Å². The zero-order valence-electron chi connectivity index (χ0n) is 10.2. The second-order valence-corrected chi connectivity index (χ2v) is 5.99. The number of halogens is 2. The molecule has 0 bridgehead atoms. The Labute approximate surface area is 128 Å². The quantitative estimate of drug-likeness (QED) is 0.762. The first-order valence-corrected chi connectivity index (χ1v) is 7.62. The maximum Gasteiger partial charge on any atom is 0.305 e. The third kappa shape index (κ3) is 3.78. The van der Waals surface area contributed by atoms with E-state index >= 15 is 0 Å². The zero-order valence-corrected chi connectivity index (χ0v) is 13.3. The van der Waals surface area contributed by atoms with Crippen molar-refractivity contribution < 1.29 is 9.53 Å². The van der Waals surface area contributed by atoms with Crippen molar-refractivity contribution >= 4 is 44.8 Å². The molecular weight excluding hydrogens is 350 g/mol. The fraction of sp³-hybridized carbons (Fsp3) is 0.231. The molecule has 3 nitrogen and oxygen atoms in total. The number of nitrogens with zero attached hydrogens (tertiary/aromatic N) is 1. The molecule has 0 aliphatic carbocycles. The van der Waals surface area contributed by atoms with Crippen molar-refractivity contribution in [2.45, 2.75) is 12.8 Å². The van der Waals surface area contributed by atoms with Crippen LogP contribution < -0.4 is 0 Å². The van der Waals surface area contributed by atoms with Gasteiger partial charge in [-0.15, -0.1) is 11.3 Å². The summed E-state index contributed by atoms with van der Waals surface area (Å²) in [5.41, 5.74) is 1.85. The lowest BCUT2D eigenvalue weighted by Gasteiger charge is -2.01. The van der Waals surface area contributed by atoms with Gasteiger partial charge in [-0.25, -0.2) is 4.98 Å². The molecule has 0 saturated carbocycles. The van der Waals surface area contributed by atoms with Gasteiger partial charge in [0.05, 0.1) is 19.2 Å². The number of ether oxygens (including phenoxy) is 1. The van der Waals surface area contributed by atoms with Crippen LogP contribution in [0.1, 0.15) is 12.1 Å². The topological polar surface area (TPSA) is 39.2 Å². The molecule has 2 aromatic rings. The number of hydrogen-bond donors (Lipinski definition) is 0. The second kappa shape index (κ2) is 6.50. The molecule has 19 heavy (non-hydrogen) atoms. The number of esters is 1. The molecule has 1 heterocycles. The van der Waals surface area contributed by atoms with Crippen LogP contribution in [0.15, 0.2) is 28.1 Å². The minimum absolute atomic E-state index is 0.224. The first-order chi connectivity index (χ1) is 9.10. The van der Waals surface area contributed by atoms with Crippen molar-refractivity contribution in [3.05, 3.63) is 38.8 Å². The van der Waals surface area contributed by atoms with Crippen LogP contribution in [0.3, 0.4) is 0 Å². The average Bonchev–Trinajstić information content (AvgIpc) is 2.87. The molecule has 0 aliphatic heterocycles. The van der Waals surface area contributed by atoms with E-state index in [-0.39, 0.29) is 5.97 Å². The maximum absolute atomic E-state index is 11.1. The van der Waals surface area contributed by atoms with Gasteiger partial charge in [-0.05, 0) is 18.2 Å². The van der Waals surface area contributed by atoms with Crippen molar-refractivity contribution in [1.82, 2.24) is 4.98 Å². The number of carbonyl (C=O) groups excluding carboxylic acids is 1. The third-order valence-electron chi connectivity index (χ3n) is 2.52. The SMILES string of the molecule is COC(=O)CCc1csc(-c2cc(Cl)ccc2Br)n1. The highest BCUT2D eigenvalue weighted by Crippen LogP contribution is 2.33. The van der Waals surface area contributed by atoms with Crippen molar-refractivity contribution in [2.75, 3.05) is 7.11 Å². The number of hydrogen-bond acceptors (Lipinski definition) is 4. The van der Waals surface area contributed by atoms with Gasteiger partial charge < -0.3 is 4.74 Å². The van der Waals surface area contributed by atoms with Gasteiger partial charge in [-0.1, -0.05) is 27.5 Å². The average molecular weight is 361 g/mol. The molecule has 0 saturated heterocycles. The van der Waals surface area contributed by atoms with E-state index in [0.717, 1.165) is 20.7 Å². The van der Waals surface area contributed by atoms with Gasteiger partial charge >= 0.3 is 5.97 Å². The molecule has 0 radical (unpaired) electrons. The molecule has 0 spiro atoms. The van der Waals surface area contributed by atoms with Gasteiger partial charge in [0.1, 0.15) is 5.01 Å². The van der Waals surface area contributed by atoms with Crippen LogP contribution in [0.4, 0.5) is 0 Å². The highest BCUT2D eigenvalue weighted by molar-refractivity contribution is 9.10. The standard InChI is InChI=1S/C13H11BrClNO2S/c1-18-12(17)5-3-9-7-19-13(16-9)10-6-8(15)2-4-11(10)14/h2,4,6-7H,3,5H2,1H3. The Bertz CT molecular complexity index is 600. The molecule has 0 amide bonds. The Balaban J connectivity index is 2.16. The van der Waals surface area contributed by atoms with E-state index in [1.54, 1.807) is 0 Å². The van der Waals surface area contributed by atoms with E-state index in [0.29, 0.717) is 17.9 Å². The van der Waals surface area contributed by atoms with Gasteiger partial charge in [-0.2, -0.15) is 0 Å². The minimum atomic E-state index is -0.224. The van der Waals surface area contributed by atoms with Crippen molar-refractivity contribution in [3.63, 3.8) is 0 Å². The molecular formula is C13H11BrClNO2S. The summed E-state index contributed by atoms with van der Waals surface area (Å²) in [4.78, 5) is 15.6. The molecule has 0 atom stereocenters. The largest absolute Gasteiger partial charge is 0.469 e. The van der Waals surface area contributed by atoms with E-state index in [1.807, 2.05) is 23.6 Å². The van der Waals surface area contributed by atoms with Gasteiger partial charge in [0, 0.05) is 26.9 Å². The summed E-state index contributed by atoms with van der Waals surface area (Å²) in [6, 6.07) is 5.59. The third-order valence-corrected chi connectivity index (χ3v) is 4.37. The van der Waals surface area contributed by atoms with Crippen LogP contribution >= 0.6 is 38.9 Å². The van der Waals surface area contributed by atoms with Crippen LogP contribution in [-0.2, 0) is 16.0 Å². The number of aromatic nitrogens is 1. The Hall–Kier alpha value is -0.910. The van der Waals surface area contributed by atoms with E-state index in [1.165, 1.54) is 18.4 Å². The van der Waals surface area contributed by atoms with Gasteiger partial charge in [0.15, 0.2) is 0 Å². The maximum atomic E-state index is 11.1. The number of carbonyl (C=O) groups is 1. The molecule has 1 aromatic heterocycles. The van der Waals surface area contributed by atoms with Crippen LogP contribution in [0, 0.1) is 0 Å². The highest BCUT2D eigenvalue weighted by Gasteiger charge is 2.10. The number of rotatable bonds is 4. The fourth-order valence-corrected chi connectivity index (χ4v) is 3.16. The highest BCUT2D eigenvalue weighted by atomic mass is 79.9. The Morgan fingerprint density at radius 1 is 1.53 bits per heavy atom. The summed E-state index contributed by atoms with van der Waals surface area (Å²) >= 11 is 11.0. The lowest BCUT2D eigenvalue weighted by Crippen LogP contribution is -2.01. The molecule has 1 aromatic carbocycles. The zero-order chi connectivity index (χ0) is 13.8. The predicted molar refractivity (Wildman–Crippen MR) is 80.6 cm³/mol. The van der Waals surface area contributed by atoms with Crippen molar-refractivity contribution in [3.8, 4) is 10.6 Å². The molecule has 2 rings (SSSR count). The number of aryl methyl sites for hydroxylation is 1. The monoisotopic (exact) mass is 359 g/mol. The molecule has 0 aliphatic rings. The second-order valence-electron chi connectivity index (χ2n) is 3.84.